The van der Waals surface area contributed by atoms with Crippen molar-refractivity contribution in [3.8, 4) is 0 Å². The molecule has 0 atom stereocenters. The third-order valence-electron chi connectivity index (χ3n) is 2.37. The molecule has 0 aliphatic carbocycles. The van der Waals surface area contributed by atoms with E-state index in [1.165, 1.54) is 18.4 Å². The minimum atomic E-state index is -0.156. The second-order valence-electron chi connectivity index (χ2n) is 3.66. The average molecular weight is 206 g/mol. The van der Waals surface area contributed by atoms with Crippen LogP contribution in [-0.2, 0) is 17.6 Å². The molecule has 82 valence electrons. The third kappa shape index (κ3) is 4.13. The van der Waals surface area contributed by atoms with Crippen LogP contribution in [0.15, 0.2) is 24.3 Å². The molecule has 1 rings (SSSR count). The van der Waals surface area contributed by atoms with Gasteiger partial charge in [-0.15, -0.1) is 0 Å². The van der Waals surface area contributed by atoms with Gasteiger partial charge in [0.2, 0.25) is 5.91 Å². The topological polar surface area (TPSA) is 55.1 Å². The van der Waals surface area contributed by atoms with Crippen molar-refractivity contribution in [3.05, 3.63) is 35.4 Å². The van der Waals surface area contributed by atoms with E-state index in [2.05, 4.69) is 24.5 Å². The van der Waals surface area contributed by atoms with E-state index in [0.29, 0.717) is 6.42 Å². The number of benzene rings is 1. The maximum Gasteiger partial charge on any atom is 0.238 e. The molecule has 0 radical (unpaired) electrons. The van der Waals surface area contributed by atoms with E-state index < -0.39 is 0 Å². The molecule has 0 aliphatic heterocycles. The first-order chi connectivity index (χ1) is 7.26. The quantitative estimate of drug-likeness (QED) is 0.436. The van der Waals surface area contributed by atoms with Crippen molar-refractivity contribution in [1.82, 2.24) is 5.43 Å². The van der Waals surface area contributed by atoms with Gasteiger partial charge in [-0.05, 0) is 24.0 Å². The van der Waals surface area contributed by atoms with E-state index in [1.807, 2.05) is 12.1 Å². The predicted molar refractivity (Wildman–Crippen MR) is 61.1 cm³/mol. The lowest BCUT2D eigenvalue weighted by atomic mass is 10.0. The normalized spacial score (nSPS) is 10.0. The zero-order valence-electron chi connectivity index (χ0n) is 9.12. The van der Waals surface area contributed by atoms with Crippen LogP contribution in [0.5, 0.6) is 0 Å². The van der Waals surface area contributed by atoms with Gasteiger partial charge < -0.3 is 0 Å². The number of hydrazine groups is 1. The molecular formula is C12H18N2O. The maximum atomic E-state index is 11.0. The monoisotopic (exact) mass is 206 g/mol. The van der Waals surface area contributed by atoms with Gasteiger partial charge in [0.25, 0.3) is 0 Å². The maximum absolute atomic E-state index is 11.0. The molecule has 15 heavy (non-hydrogen) atoms. The number of rotatable bonds is 5. The molecule has 0 aromatic heterocycles. The Morgan fingerprint density at radius 3 is 2.40 bits per heavy atom. The Balaban J connectivity index is 2.52. The molecular weight excluding hydrogens is 188 g/mol. The summed E-state index contributed by atoms with van der Waals surface area (Å²) < 4.78 is 0. The van der Waals surface area contributed by atoms with Crippen molar-refractivity contribution in [1.29, 1.82) is 0 Å². The summed E-state index contributed by atoms with van der Waals surface area (Å²) in [6.07, 6.45) is 3.88. The summed E-state index contributed by atoms with van der Waals surface area (Å²) in [5.74, 6) is 4.86. The molecule has 0 saturated heterocycles. The Hall–Kier alpha value is -1.35. The van der Waals surface area contributed by atoms with Crippen molar-refractivity contribution in [2.45, 2.75) is 32.6 Å². The molecule has 0 aliphatic rings. The Kier molecular flexibility index (Phi) is 4.84. The largest absolute Gasteiger partial charge is 0.294 e. The fourth-order valence-corrected chi connectivity index (χ4v) is 1.44. The number of aryl methyl sites for hydroxylation is 1. The smallest absolute Gasteiger partial charge is 0.238 e. The number of amides is 1. The summed E-state index contributed by atoms with van der Waals surface area (Å²) in [5, 5.41) is 0. The minimum absolute atomic E-state index is 0.156. The Labute approximate surface area is 90.6 Å². The highest BCUT2D eigenvalue weighted by Gasteiger charge is 2.00. The van der Waals surface area contributed by atoms with Crippen molar-refractivity contribution in [2.75, 3.05) is 0 Å². The number of unbranched alkanes of at least 4 members (excludes halogenated alkanes) is 1. The van der Waals surface area contributed by atoms with Gasteiger partial charge in [0, 0.05) is 0 Å². The SMILES string of the molecule is CCCCc1ccc(CC(=O)NN)cc1. The summed E-state index contributed by atoms with van der Waals surface area (Å²) in [7, 11) is 0. The van der Waals surface area contributed by atoms with Gasteiger partial charge >= 0.3 is 0 Å². The lowest BCUT2D eigenvalue weighted by Gasteiger charge is -2.03. The molecule has 0 unspecified atom stereocenters. The molecule has 3 N–H and O–H groups in total. The number of carbonyl (C=O) groups is 1. The summed E-state index contributed by atoms with van der Waals surface area (Å²) >= 11 is 0. The van der Waals surface area contributed by atoms with Crippen molar-refractivity contribution in [3.63, 3.8) is 0 Å². The van der Waals surface area contributed by atoms with E-state index in [4.69, 9.17) is 5.84 Å². The van der Waals surface area contributed by atoms with Gasteiger partial charge in [-0.3, -0.25) is 10.2 Å². The summed E-state index contributed by atoms with van der Waals surface area (Å²) in [4.78, 5) is 11.0. The number of nitrogens with one attached hydrogen (secondary N) is 1. The van der Waals surface area contributed by atoms with Gasteiger partial charge in [-0.2, -0.15) is 0 Å². The molecule has 3 heteroatoms. The van der Waals surface area contributed by atoms with Gasteiger partial charge in [0.05, 0.1) is 6.42 Å². The zero-order valence-corrected chi connectivity index (χ0v) is 9.12. The van der Waals surface area contributed by atoms with Crippen LogP contribution < -0.4 is 11.3 Å². The Morgan fingerprint density at radius 1 is 1.27 bits per heavy atom. The average Bonchev–Trinajstić information content (AvgIpc) is 2.28. The minimum Gasteiger partial charge on any atom is -0.294 e. The van der Waals surface area contributed by atoms with Crippen LogP contribution in [0.2, 0.25) is 0 Å². The zero-order chi connectivity index (χ0) is 11.1. The van der Waals surface area contributed by atoms with Crippen LogP contribution in [0.3, 0.4) is 0 Å². The second kappa shape index (κ2) is 6.19. The van der Waals surface area contributed by atoms with E-state index in [1.54, 1.807) is 0 Å². The Bertz CT molecular complexity index is 306. The van der Waals surface area contributed by atoms with Gasteiger partial charge in [0.1, 0.15) is 0 Å². The number of nitrogens with two attached hydrogens (primary N) is 1. The lowest BCUT2D eigenvalue weighted by molar-refractivity contribution is -0.120. The molecule has 1 aromatic rings. The third-order valence-corrected chi connectivity index (χ3v) is 2.37. The molecule has 0 bridgehead atoms. The van der Waals surface area contributed by atoms with Crippen molar-refractivity contribution >= 4 is 5.91 Å². The van der Waals surface area contributed by atoms with Crippen LogP contribution in [-0.4, -0.2) is 5.91 Å². The first-order valence-corrected chi connectivity index (χ1v) is 5.33. The molecule has 0 heterocycles. The highest BCUT2D eigenvalue weighted by Crippen LogP contribution is 2.08. The number of hydrogen-bond donors (Lipinski definition) is 2. The lowest BCUT2D eigenvalue weighted by Crippen LogP contribution is -2.31. The standard InChI is InChI=1S/C12H18N2O/c1-2-3-4-10-5-7-11(8-6-10)9-12(15)14-13/h5-8H,2-4,9,13H2,1H3,(H,14,15). The second-order valence-corrected chi connectivity index (χ2v) is 3.66. The summed E-state index contributed by atoms with van der Waals surface area (Å²) in [6, 6.07) is 8.13. The summed E-state index contributed by atoms with van der Waals surface area (Å²) in [5.41, 5.74) is 4.45. The molecule has 0 spiro atoms. The van der Waals surface area contributed by atoms with Gasteiger partial charge in [-0.25, -0.2) is 5.84 Å². The van der Waals surface area contributed by atoms with Crippen molar-refractivity contribution < 1.29 is 4.79 Å². The number of carbonyl (C=O) groups excluding carboxylic acids is 1. The van der Waals surface area contributed by atoms with E-state index >= 15 is 0 Å². The first-order valence-electron chi connectivity index (χ1n) is 5.33. The highest BCUT2D eigenvalue weighted by molar-refractivity contribution is 5.77. The van der Waals surface area contributed by atoms with Crippen molar-refractivity contribution in [2.24, 2.45) is 5.84 Å². The molecule has 0 saturated carbocycles. The fraction of sp³-hybridized carbons (Fsp3) is 0.417. The summed E-state index contributed by atoms with van der Waals surface area (Å²) in [6.45, 7) is 2.18. The first kappa shape index (κ1) is 11.7. The van der Waals surface area contributed by atoms with E-state index in [9.17, 15) is 4.79 Å². The molecule has 1 amide bonds. The molecule has 1 aromatic carbocycles. The van der Waals surface area contributed by atoms with Crippen LogP contribution in [0.4, 0.5) is 0 Å². The Morgan fingerprint density at radius 2 is 1.87 bits per heavy atom. The van der Waals surface area contributed by atoms with Crippen LogP contribution in [0.1, 0.15) is 30.9 Å². The predicted octanol–water partition coefficient (Wildman–Crippen LogP) is 1.56. The molecule has 0 fully saturated rings. The van der Waals surface area contributed by atoms with Crippen LogP contribution >= 0.6 is 0 Å². The van der Waals surface area contributed by atoms with Crippen LogP contribution in [0, 0.1) is 0 Å². The van der Waals surface area contributed by atoms with E-state index in [-0.39, 0.29) is 5.91 Å². The van der Waals surface area contributed by atoms with E-state index in [0.717, 1.165) is 12.0 Å². The number of hydrogen-bond acceptors (Lipinski definition) is 2. The highest BCUT2D eigenvalue weighted by atomic mass is 16.2. The van der Waals surface area contributed by atoms with Gasteiger partial charge in [-0.1, -0.05) is 37.6 Å². The molecule has 3 nitrogen and oxygen atoms in total. The van der Waals surface area contributed by atoms with Gasteiger partial charge in [0.15, 0.2) is 0 Å². The van der Waals surface area contributed by atoms with Crippen LogP contribution in [0.25, 0.3) is 0 Å². The fourth-order valence-electron chi connectivity index (χ4n) is 1.44.